The lowest BCUT2D eigenvalue weighted by Gasteiger charge is -2.11. The van der Waals surface area contributed by atoms with Crippen molar-refractivity contribution in [3.8, 4) is 16.2 Å². The van der Waals surface area contributed by atoms with Gasteiger partial charge in [-0.25, -0.2) is 4.98 Å². The fraction of sp³-hybridized carbons (Fsp3) is 0.158. The lowest BCUT2D eigenvalue weighted by atomic mass is 10.2. The average molecular weight is 401 g/mol. The van der Waals surface area contributed by atoms with Gasteiger partial charge in [0.2, 0.25) is 0 Å². The predicted molar refractivity (Wildman–Crippen MR) is 111 cm³/mol. The Labute approximate surface area is 162 Å². The first-order chi connectivity index (χ1) is 12.7. The van der Waals surface area contributed by atoms with Crippen LogP contribution in [0.5, 0.6) is 5.75 Å². The topological polar surface area (TPSA) is 55.0 Å². The molecule has 0 amide bonds. The number of fused-ring (bicyclic) bond motifs is 1. The molecule has 0 spiro atoms. The first-order valence-electron chi connectivity index (χ1n) is 8.01. The van der Waals surface area contributed by atoms with Crippen molar-refractivity contribution in [3.63, 3.8) is 0 Å². The first-order valence-corrected chi connectivity index (χ1v) is 10.7. The van der Waals surface area contributed by atoms with E-state index in [0.29, 0.717) is 11.2 Å². The molecule has 0 fully saturated rings. The summed E-state index contributed by atoms with van der Waals surface area (Å²) >= 11 is 4.81. The highest BCUT2D eigenvalue weighted by Crippen LogP contribution is 2.36. The van der Waals surface area contributed by atoms with E-state index in [-0.39, 0.29) is 10.8 Å². The number of aromatic amines is 1. The van der Waals surface area contributed by atoms with Gasteiger partial charge in [0.15, 0.2) is 0 Å². The Bertz CT molecular complexity index is 1080. The largest absolute Gasteiger partial charge is 0.497 e. The molecule has 0 bridgehead atoms. The van der Waals surface area contributed by atoms with Crippen LogP contribution in [0.15, 0.2) is 56.8 Å². The zero-order valence-corrected chi connectivity index (χ0v) is 16.6. The molecule has 0 aliphatic carbocycles. The van der Waals surface area contributed by atoms with Crippen molar-refractivity contribution in [2.45, 2.75) is 17.1 Å². The van der Waals surface area contributed by atoms with Gasteiger partial charge in [0.05, 0.1) is 17.7 Å². The fourth-order valence-electron chi connectivity index (χ4n) is 2.69. The highest BCUT2D eigenvalue weighted by molar-refractivity contribution is 7.99. The van der Waals surface area contributed by atoms with Gasteiger partial charge in [0.1, 0.15) is 16.4 Å². The van der Waals surface area contributed by atoms with Crippen LogP contribution < -0.4 is 10.3 Å². The summed E-state index contributed by atoms with van der Waals surface area (Å²) < 4.78 is 5.19. The minimum atomic E-state index is -0.0724. The van der Waals surface area contributed by atoms with Crippen LogP contribution in [-0.2, 0) is 0 Å². The molecule has 1 atom stereocenters. The highest BCUT2D eigenvalue weighted by atomic mass is 32.2. The molecule has 3 aromatic heterocycles. The second-order valence-electron chi connectivity index (χ2n) is 5.69. The monoisotopic (exact) mass is 400 g/mol. The Kier molecular flexibility index (Phi) is 4.84. The number of hydrogen-bond acceptors (Lipinski definition) is 6. The molecule has 132 valence electrons. The molecule has 7 heteroatoms. The molecule has 1 aromatic carbocycles. The smallest absolute Gasteiger partial charge is 0.260 e. The Morgan fingerprint density at radius 2 is 2.00 bits per heavy atom. The van der Waals surface area contributed by atoms with E-state index in [0.717, 1.165) is 25.9 Å². The second-order valence-corrected chi connectivity index (χ2v) is 8.91. The standard InChI is InChI=1S/C19H16N2O2S3/c1-11(26-13-7-5-12(23-2)6-8-13)17-20-18(22)16-14(10-25-19(16)21-17)15-4-3-9-24-15/h3-11H,1-2H3,(H,20,21,22). The summed E-state index contributed by atoms with van der Waals surface area (Å²) in [7, 11) is 1.65. The number of aromatic nitrogens is 2. The van der Waals surface area contributed by atoms with E-state index in [2.05, 4.69) is 4.98 Å². The number of thioether (sulfide) groups is 1. The number of benzene rings is 1. The second kappa shape index (κ2) is 7.26. The first kappa shape index (κ1) is 17.3. The number of nitrogens with zero attached hydrogens (tertiary/aromatic N) is 1. The minimum Gasteiger partial charge on any atom is -0.497 e. The molecule has 0 aliphatic rings. The third-order valence-corrected chi connectivity index (χ3v) is 6.90. The van der Waals surface area contributed by atoms with Crippen molar-refractivity contribution in [1.82, 2.24) is 9.97 Å². The summed E-state index contributed by atoms with van der Waals surface area (Å²) in [5.41, 5.74) is 0.896. The molecule has 1 unspecified atom stereocenters. The summed E-state index contributed by atoms with van der Waals surface area (Å²) in [6.45, 7) is 2.05. The summed E-state index contributed by atoms with van der Waals surface area (Å²) in [5.74, 6) is 1.53. The molecule has 0 saturated carbocycles. The molecule has 3 heterocycles. The Balaban J connectivity index is 1.65. The quantitative estimate of drug-likeness (QED) is 0.445. The van der Waals surface area contributed by atoms with Gasteiger partial charge >= 0.3 is 0 Å². The Hall–Kier alpha value is -2.09. The summed E-state index contributed by atoms with van der Waals surface area (Å²) in [4.78, 5) is 23.4. The normalized spacial score (nSPS) is 12.4. The number of ether oxygens (including phenoxy) is 1. The van der Waals surface area contributed by atoms with Crippen LogP contribution in [0.3, 0.4) is 0 Å². The van der Waals surface area contributed by atoms with Crippen LogP contribution in [0, 0.1) is 0 Å². The van der Waals surface area contributed by atoms with Crippen LogP contribution in [0.25, 0.3) is 20.7 Å². The van der Waals surface area contributed by atoms with Crippen LogP contribution >= 0.6 is 34.4 Å². The van der Waals surface area contributed by atoms with Crippen molar-refractivity contribution in [3.05, 3.63) is 63.3 Å². The van der Waals surface area contributed by atoms with Crippen LogP contribution in [0.1, 0.15) is 18.0 Å². The third kappa shape index (κ3) is 3.30. The molecule has 0 aliphatic heterocycles. The van der Waals surface area contributed by atoms with E-state index >= 15 is 0 Å². The van der Waals surface area contributed by atoms with Gasteiger partial charge in [-0.1, -0.05) is 6.07 Å². The van der Waals surface area contributed by atoms with Crippen molar-refractivity contribution in [2.24, 2.45) is 0 Å². The third-order valence-electron chi connectivity index (χ3n) is 4.01. The molecule has 1 N–H and O–H groups in total. The maximum Gasteiger partial charge on any atom is 0.260 e. The Morgan fingerprint density at radius 1 is 1.19 bits per heavy atom. The maximum absolute atomic E-state index is 12.7. The molecule has 26 heavy (non-hydrogen) atoms. The zero-order valence-electron chi connectivity index (χ0n) is 14.2. The lowest BCUT2D eigenvalue weighted by molar-refractivity contribution is 0.414. The number of nitrogens with one attached hydrogen (secondary N) is 1. The SMILES string of the molecule is COc1ccc(SC(C)c2nc3scc(-c4cccs4)c3c(=O)[nH]2)cc1. The van der Waals surface area contributed by atoms with E-state index in [1.807, 2.05) is 54.1 Å². The summed E-state index contributed by atoms with van der Waals surface area (Å²) in [6, 6.07) is 11.9. The van der Waals surface area contributed by atoms with Gasteiger partial charge in [-0.2, -0.15) is 0 Å². The van der Waals surface area contributed by atoms with Crippen molar-refractivity contribution >= 4 is 44.7 Å². The summed E-state index contributed by atoms with van der Waals surface area (Å²) in [5, 5.41) is 4.75. The van der Waals surface area contributed by atoms with Gasteiger partial charge < -0.3 is 9.72 Å². The average Bonchev–Trinajstić information content (AvgIpc) is 3.31. The van der Waals surface area contributed by atoms with Crippen LogP contribution in [-0.4, -0.2) is 17.1 Å². The number of hydrogen-bond donors (Lipinski definition) is 1. The number of H-pyrrole nitrogens is 1. The minimum absolute atomic E-state index is 0.0350. The molecular formula is C19H16N2O2S3. The van der Waals surface area contributed by atoms with Gasteiger partial charge in [-0.3, -0.25) is 4.79 Å². The number of rotatable bonds is 5. The predicted octanol–water partition coefficient (Wildman–Crippen LogP) is 5.58. The summed E-state index contributed by atoms with van der Waals surface area (Å²) in [6.07, 6.45) is 0. The van der Waals surface area contributed by atoms with Crippen molar-refractivity contribution in [2.75, 3.05) is 7.11 Å². The van der Waals surface area contributed by atoms with E-state index in [9.17, 15) is 4.79 Å². The van der Waals surface area contributed by atoms with Crippen molar-refractivity contribution in [1.29, 1.82) is 0 Å². The fourth-order valence-corrected chi connectivity index (χ4v) is 5.38. The molecular weight excluding hydrogens is 384 g/mol. The molecule has 4 nitrogen and oxygen atoms in total. The van der Waals surface area contributed by atoms with Gasteiger partial charge in [0, 0.05) is 20.7 Å². The molecule has 0 radical (unpaired) electrons. The highest BCUT2D eigenvalue weighted by Gasteiger charge is 2.17. The van der Waals surface area contributed by atoms with E-state index in [1.54, 1.807) is 30.2 Å². The zero-order chi connectivity index (χ0) is 18.1. The molecule has 4 aromatic rings. The van der Waals surface area contributed by atoms with Crippen molar-refractivity contribution < 1.29 is 4.74 Å². The maximum atomic E-state index is 12.7. The van der Waals surface area contributed by atoms with Crippen LogP contribution in [0.4, 0.5) is 0 Å². The van der Waals surface area contributed by atoms with E-state index in [4.69, 9.17) is 9.72 Å². The lowest BCUT2D eigenvalue weighted by Crippen LogP contribution is -2.12. The van der Waals surface area contributed by atoms with Gasteiger partial charge in [0.25, 0.3) is 5.56 Å². The van der Waals surface area contributed by atoms with Gasteiger partial charge in [-0.15, -0.1) is 34.4 Å². The van der Waals surface area contributed by atoms with E-state index < -0.39 is 0 Å². The van der Waals surface area contributed by atoms with E-state index in [1.165, 1.54) is 11.3 Å². The number of methoxy groups -OCH3 is 1. The van der Waals surface area contributed by atoms with Gasteiger partial charge in [-0.05, 0) is 42.6 Å². The molecule has 4 rings (SSSR count). The Morgan fingerprint density at radius 3 is 2.69 bits per heavy atom. The van der Waals surface area contributed by atoms with Crippen LogP contribution in [0.2, 0.25) is 0 Å². The molecule has 0 saturated heterocycles. The number of thiophene rings is 2.